The SMILES string of the molecule is CNC(=O)CS/C(N)=N/N. The summed E-state index contributed by atoms with van der Waals surface area (Å²) >= 11 is 1.10. The third kappa shape index (κ3) is 4.02. The van der Waals surface area contributed by atoms with Crippen LogP contribution < -0.4 is 16.9 Å². The molecule has 10 heavy (non-hydrogen) atoms. The number of carbonyl (C=O) groups is 1. The fraction of sp³-hybridized carbons (Fsp3) is 0.500. The van der Waals surface area contributed by atoms with Gasteiger partial charge >= 0.3 is 0 Å². The molecule has 5 N–H and O–H groups in total. The van der Waals surface area contributed by atoms with Crippen LogP contribution in [0.3, 0.4) is 0 Å². The minimum atomic E-state index is -0.100. The van der Waals surface area contributed by atoms with Crippen molar-refractivity contribution < 1.29 is 4.79 Å². The second-order valence-corrected chi connectivity index (χ2v) is 2.42. The summed E-state index contributed by atoms with van der Waals surface area (Å²) in [6.07, 6.45) is 0. The van der Waals surface area contributed by atoms with Crippen LogP contribution >= 0.6 is 11.8 Å². The Labute approximate surface area is 63.2 Å². The number of amidine groups is 1. The number of nitrogens with one attached hydrogen (secondary N) is 1. The molecule has 0 fully saturated rings. The van der Waals surface area contributed by atoms with Crippen molar-refractivity contribution in [2.24, 2.45) is 16.7 Å². The molecule has 0 saturated heterocycles. The average Bonchev–Trinajstić information content (AvgIpc) is 1.99. The van der Waals surface area contributed by atoms with Gasteiger partial charge in [-0.3, -0.25) is 4.79 Å². The van der Waals surface area contributed by atoms with Crippen LogP contribution in [0.25, 0.3) is 0 Å². The van der Waals surface area contributed by atoms with Gasteiger partial charge in [0.05, 0.1) is 5.75 Å². The van der Waals surface area contributed by atoms with Crippen LogP contribution in [0, 0.1) is 0 Å². The van der Waals surface area contributed by atoms with E-state index in [4.69, 9.17) is 11.6 Å². The largest absolute Gasteiger partial charge is 0.377 e. The number of nitrogens with two attached hydrogens (primary N) is 2. The Morgan fingerprint density at radius 1 is 1.80 bits per heavy atom. The molecule has 0 unspecified atom stereocenters. The molecule has 0 aliphatic rings. The van der Waals surface area contributed by atoms with Gasteiger partial charge in [0.2, 0.25) is 5.91 Å². The number of hydrogen-bond acceptors (Lipinski definition) is 4. The van der Waals surface area contributed by atoms with Crippen LogP contribution in [0.5, 0.6) is 0 Å². The van der Waals surface area contributed by atoms with E-state index in [1.165, 1.54) is 0 Å². The van der Waals surface area contributed by atoms with Gasteiger partial charge in [-0.25, -0.2) is 0 Å². The number of thioether (sulfide) groups is 1. The van der Waals surface area contributed by atoms with Crippen molar-refractivity contribution in [2.45, 2.75) is 0 Å². The first-order valence-corrected chi connectivity index (χ1v) is 3.56. The maximum Gasteiger partial charge on any atom is 0.230 e. The standard InChI is InChI=1S/C4H10N4OS/c1-7-3(9)2-10-4(5)8-6/h2,6H2,1H3,(H2,5,8)(H,7,9). The molecular formula is C4H10N4OS. The van der Waals surface area contributed by atoms with E-state index in [-0.39, 0.29) is 16.8 Å². The van der Waals surface area contributed by atoms with Gasteiger partial charge in [0.15, 0.2) is 5.17 Å². The number of rotatable bonds is 2. The number of amides is 1. The Morgan fingerprint density at radius 2 is 2.40 bits per heavy atom. The van der Waals surface area contributed by atoms with Crippen LogP contribution in [0.4, 0.5) is 0 Å². The predicted octanol–water partition coefficient (Wildman–Crippen LogP) is -1.35. The Bertz CT molecular complexity index is 146. The number of nitrogens with zero attached hydrogens (tertiary/aromatic N) is 1. The van der Waals surface area contributed by atoms with E-state index in [1.807, 2.05) is 0 Å². The molecular weight excluding hydrogens is 152 g/mol. The molecule has 1 amide bonds. The van der Waals surface area contributed by atoms with Crippen LogP contribution in [-0.4, -0.2) is 23.9 Å². The number of hydrazone groups is 1. The molecule has 0 aromatic carbocycles. The lowest BCUT2D eigenvalue weighted by Crippen LogP contribution is -2.22. The van der Waals surface area contributed by atoms with Crippen molar-refractivity contribution in [3.63, 3.8) is 0 Å². The van der Waals surface area contributed by atoms with E-state index in [0.29, 0.717) is 0 Å². The Morgan fingerprint density at radius 3 is 2.80 bits per heavy atom. The molecule has 6 heteroatoms. The third-order valence-corrected chi connectivity index (χ3v) is 1.56. The molecule has 0 atom stereocenters. The van der Waals surface area contributed by atoms with Gasteiger partial charge in [-0.1, -0.05) is 11.8 Å². The molecule has 0 bridgehead atoms. The summed E-state index contributed by atoms with van der Waals surface area (Å²) in [4.78, 5) is 10.5. The third-order valence-electron chi connectivity index (χ3n) is 0.757. The van der Waals surface area contributed by atoms with Crippen LogP contribution in [-0.2, 0) is 4.79 Å². The first-order valence-electron chi connectivity index (χ1n) is 2.57. The Kier molecular flexibility index (Phi) is 4.47. The fourth-order valence-corrected chi connectivity index (χ4v) is 0.747. The van der Waals surface area contributed by atoms with Gasteiger partial charge in [-0.05, 0) is 0 Å². The maximum atomic E-state index is 10.5. The second-order valence-electron chi connectivity index (χ2n) is 1.43. The summed E-state index contributed by atoms with van der Waals surface area (Å²) in [5.74, 6) is 4.96. The zero-order valence-electron chi connectivity index (χ0n) is 5.63. The molecule has 0 radical (unpaired) electrons. The highest BCUT2D eigenvalue weighted by molar-refractivity contribution is 8.14. The van der Waals surface area contributed by atoms with E-state index < -0.39 is 0 Å². The topological polar surface area (TPSA) is 93.5 Å². The molecule has 0 aromatic heterocycles. The van der Waals surface area contributed by atoms with E-state index >= 15 is 0 Å². The molecule has 5 nitrogen and oxygen atoms in total. The van der Waals surface area contributed by atoms with Crippen molar-refractivity contribution in [2.75, 3.05) is 12.8 Å². The molecule has 0 aliphatic carbocycles. The van der Waals surface area contributed by atoms with Crippen molar-refractivity contribution in [1.29, 1.82) is 0 Å². The minimum absolute atomic E-state index is 0.100. The first kappa shape index (κ1) is 9.09. The van der Waals surface area contributed by atoms with Gasteiger partial charge in [-0.15, -0.1) is 0 Å². The lowest BCUT2D eigenvalue weighted by atomic mass is 10.7. The molecule has 0 spiro atoms. The van der Waals surface area contributed by atoms with Crippen LogP contribution in [0.15, 0.2) is 5.10 Å². The van der Waals surface area contributed by atoms with Crippen molar-refractivity contribution >= 4 is 22.8 Å². The Hall–Kier alpha value is -0.910. The summed E-state index contributed by atoms with van der Waals surface area (Å²) in [5, 5.41) is 5.82. The van der Waals surface area contributed by atoms with Crippen molar-refractivity contribution in [1.82, 2.24) is 5.32 Å². The van der Waals surface area contributed by atoms with Crippen LogP contribution in [0.1, 0.15) is 0 Å². The van der Waals surface area contributed by atoms with E-state index in [0.717, 1.165) is 11.8 Å². The second kappa shape index (κ2) is 4.92. The minimum Gasteiger partial charge on any atom is -0.377 e. The van der Waals surface area contributed by atoms with Gasteiger partial charge in [0.25, 0.3) is 0 Å². The Balaban J connectivity index is 3.45. The molecule has 0 saturated carbocycles. The molecule has 0 aliphatic heterocycles. The molecule has 0 heterocycles. The highest BCUT2D eigenvalue weighted by atomic mass is 32.2. The zero-order chi connectivity index (χ0) is 7.98. The molecule has 0 aromatic rings. The van der Waals surface area contributed by atoms with Gasteiger partial charge < -0.3 is 16.9 Å². The summed E-state index contributed by atoms with van der Waals surface area (Å²) in [7, 11) is 1.55. The summed E-state index contributed by atoms with van der Waals surface area (Å²) in [6.45, 7) is 0. The van der Waals surface area contributed by atoms with Gasteiger partial charge in [-0.2, -0.15) is 5.10 Å². The predicted molar refractivity (Wildman–Crippen MR) is 42.3 cm³/mol. The highest BCUT2D eigenvalue weighted by Crippen LogP contribution is 1.96. The van der Waals surface area contributed by atoms with E-state index in [2.05, 4.69) is 10.4 Å². The molecule has 58 valence electrons. The summed E-state index contributed by atoms with van der Waals surface area (Å²) in [6, 6.07) is 0. The summed E-state index contributed by atoms with van der Waals surface area (Å²) < 4.78 is 0. The van der Waals surface area contributed by atoms with Crippen molar-refractivity contribution in [3.8, 4) is 0 Å². The molecule has 0 rings (SSSR count). The zero-order valence-corrected chi connectivity index (χ0v) is 6.44. The van der Waals surface area contributed by atoms with Gasteiger partial charge in [0, 0.05) is 7.05 Å². The van der Waals surface area contributed by atoms with E-state index in [1.54, 1.807) is 7.05 Å². The highest BCUT2D eigenvalue weighted by Gasteiger charge is 1.98. The quantitative estimate of drug-likeness (QED) is 0.203. The smallest absolute Gasteiger partial charge is 0.230 e. The lowest BCUT2D eigenvalue weighted by molar-refractivity contribution is -0.118. The maximum absolute atomic E-state index is 10.5. The number of carbonyl (C=O) groups excluding carboxylic acids is 1. The van der Waals surface area contributed by atoms with Crippen LogP contribution in [0.2, 0.25) is 0 Å². The summed E-state index contributed by atoms with van der Waals surface area (Å²) in [5.41, 5.74) is 5.18. The normalized spacial score (nSPS) is 11.1. The lowest BCUT2D eigenvalue weighted by Gasteiger charge is -1.96. The fourth-order valence-electron chi connectivity index (χ4n) is 0.249. The first-order chi connectivity index (χ1) is 4.70. The monoisotopic (exact) mass is 162 g/mol. The van der Waals surface area contributed by atoms with Gasteiger partial charge in [0.1, 0.15) is 0 Å². The number of hydrogen-bond donors (Lipinski definition) is 3. The van der Waals surface area contributed by atoms with E-state index in [9.17, 15) is 4.79 Å². The van der Waals surface area contributed by atoms with Crippen molar-refractivity contribution in [3.05, 3.63) is 0 Å². The average molecular weight is 162 g/mol.